The molecule has 1 aliphatic rings. The summed E-state index contributed by atoms with van der Waals surface area (Å²) < 4.78 is 45.9. The molecule has 0 atom stereocenters. The number of aromatic nitrogens is 1. The number of esters is 1. The van der Waals surface area contributed by atoms with Crippen LogP contribution in [0.15, 0.2) is 18.3 Å². The van der Waals surface area contributed by atoms with Gasteiger partial charge in [0.05, 0.1) is 0 Å². The summed E-state index contributed by atoms with van der Waals surface area (Å²) >= 11 is 0. The fourth-order valence-electron chi connectivity index (χ4n) is 1.52. The Bertz CT molecular complexity index is 458. The Morgan fingerprint density at radius 3 is 2.74 bits per heavy atom. The Balaban J connectivity index is 2.04. The molecule has 2 rings (SSSR count). The van der Waals surface area contributed by atoms with E-state index in [1.54, 1.807) is 0 Å². The molecule has 0 N–H and O–H groups in total. The minimum absolute atomic E-state index is 0.162. The van der Waals surface area contributed by atoms with Gasteiger partial charge in [0.2, 0.25) is 0 Å². The van der Waals surface area contributed by atoms with Gasteiger partial charge in [0.15, 0.2) is 18.1 Å². The van der Waals surface area contributed by atoms with Crippen LogP contribution in [0.1, 0.15) is 29.8 Å². The Morgan fingerprint density at radius 1 is 1.42 bits per heavy atom. The van der Waals surface area contributed by atoms with Crippen LogP contribution >= 0.6 is 0 Å². The van der Waals surface area contributed by atoms with Gasteiger partial charge in [-0.15, -0.1) is 0 Å². The lowest BCUT2D eigenvalue weighted by molar-refractivity contribution is -0.153. The maximum absolute atomic E-state index is 12.1. The molecule has 0 bridgehead atoms. The number of nitrogens with zero attached hydrogens (tertiary/aromatic N) is 1. The van der Waals surface area contributed by atoms with Crippen LogP contribution < -0.4 is 4.74 Å². The fourth-order valence-corrected chi connectivity index (χ4v) is 1.52. The van der Waals surface area contributed by atoms with Crippen molar-refractivity contribution in [3.63, 3.8) is 0 Å². The summed E-state index contributed by atoms with van der Waals surface area (Å²) in [6, 6.07) is 2.65. The standard InChI is InChI=1S/C12H12F3NO3/c13-12(14,15)7-18-9-5-2-6-16-10(9)11(17)19-8-3-1-4-8/h2,5-6,8H,1,3-4,7H2. The molecule has 7 heteroatoms. The summed E-state index contributed by atoms with van der Waals surface area (Å²) in [5.74, 6) is -0.966. The van der Waals surface area contributed by atoms with Gasteiger partial charge in [0, 0.05) is 6.20 Å². The van der Waals surface area contributed by atoms with Crippen molar-refractivity contribution in [1.29, 1.82) is 0 Å². The molecule has 19 heavy (non-hydrogen) atoms. The summed E-state index contributed by atoms with van der Waals surface area (Å²) in [6.45, 7) is -1.47. The van der Waals surface area contributed by atoms with Gasteiger partial charge in [-0.25, -0.2) is 9.78 Å². The van der Waals surface area contributed by atoms with Crippen molar-refractivity contribution in [1.82, 2.24) is 4.98 Å². The van der Waals surface area contributed by atoms with Gasteiger partial charge in [-0.1, -0.05) is 0 Å². The van der Waals surface area contributed by atoms with Gasteiger partial charge in [-0.05, 0) is 31.4 Å². The number of carbonyl (C=O) groups is 1. The van der Waals surface area contributed by atoms with Crippen molar-refractivity contribution in [2.75, 3.05) is 6.61 Å². The number of ether oxygens (including phenoxy) is 2. The first-order valence-corrected chi connectivity index (χ1v) is 5.81. The van der Waals surface area contributed by atoms with Crippen LogP contribution in [0.4, 0.5) is 13.2 Å². The normalized spacial score (nSPS) is 15.7. The van der Waals surface area contributed by atoms with Crippen LogP contribution in [0.3, 0.4) is 0 Å². The van der Waals surface area contributed by atoms with Gasteiger partial charge in [-0.3, -0.25) is 0 Å². The summed E-state index contributed by atoms with van der Waals surface area (Å²) in [7, 11) is 0. The number of pyridine rings is 1. The number of carbonyl (C=O) groups excluding carboxylic acids is 1. The first-order chi connectivity index (χ1) is 8.96. The zero-order valence-corrected chi connectivity index (χ0v) is 9.94. The molecule has 1 fully saturated rings. The molecule has 0 aromatic carbocycles. The molecule has 104 valence electrons. The van der Waals surface area contributed by atoms with E-state index in [1.165, 1.54) is 18.3 Å². The third-order valence-electron chi connectivity index (χ3n) is 2.68. The minimum atomic E-state index is -4.47. The summed E-state index contributed by atoms with van der Waals surface area (Å²) in [4.78, 5) is 15.5. The monoisotopic (exact) mass is 275 g/mol. The van der Waals surface area contributed by atoms with E-state index in [0.717, 1.165) is 19.3 Å². The second-order valence-electron chi connectivity index (χ2n) is 4.21. The SMILES string of the molecule is O=C(OC1CCC1)c1ncccc1OCC(F)(F)F. The minimum Gasteiger partial charge on any atom is -0.482 e. The van der Waals surface area contributed by atoms with E-state index in [9.17, 15) is 18.0 Å². The lowest BCUT2D eigenvalue weighted by atomic mass is 9.96. The molecule has 0 saturated heterocycles. The van der Waals surface area contributed by atoms with E-state index < -0.39 is 18.8 Å². The van der Waals surface area contributed by atoms with Gasteiger partial charge in [-0.2, -0.15) is 13.2 Å². The highest BCUT2D eigenvalue weighted by molar-refractivity contribution is 5.90. The fraction of sp³-hybridized carbons (Fsp3) is 0.500. The van der Waals surface area contributed by atoms with Crippen LogP contribution in [0, 0.1) is 0 Å². The maximum Gasteiger partial charge on any atom is 0.422 e. The van der Waals surface area contributed by atoms with Gasteiger partial charge >= 0.3 is 12.1 Å². The molecule has 1 aromatic rings. The molecular weight excluding hydrogens is 263 g/mol. The number of hydrogen-bond donors (Lipinski definition) is 0. The first kappa shape index (κ1) is 13.6. The Kier molecular flexibility index (Phi) is 3.92. The highest BCUT2D eigenvalue weighted by Gasteiger charge is 2.30. The molecular formula is C12H12F3NO3. The zero-order chi connectivity index (χ0) is 13.9. The molecule has 1 saturated carbocycles. The number of hydrogen-bond acceptors (Lipinski definition) is 4. The van der Waals surface area contributed by atoms with E-state index in [1.807, 2.05) is 0 Å². The molecule has 1 aliphatic carbocycles. The Morgan fingerprint density at radius 2 is 2.16 bits per heavy atom. The molecule has 4 nitrogen and oxygen atoms in total. The molecule has 0 amide bonds. The quantitative estimate of drug-likeness (QED) is 0.793. The Hall–Kier alpha value is -1.79. The van der Waals surface area contributed by atoms with Crippen LogP contribution in [0.2, 0.25) is 0 Å². The summed E-state index contributed by atoms with van der Waals surface area (Å²) in [6.07, 6.45) is -0.792. The second-order valence-corrected chi connectivity index (χ2v) is 4.21. The molecule has 0 unspecified atom stereocenters. The molecule has 0 aliphatic heterocycles. The van der Waals surface area contributed by atoms with Crippen molar-refractivity contribution in [2.24, 2.45) is 0 Å². The summed E-state index contributed by atoms with van der Waals surface area (Å²) in [5, 5.41) is 0. The molecule has 1 aromatic heterocycles. The van der Waals surface area contributed by atoms with Gasteiger partial charge < -0.3 is 9.47 Å². The molecule has 1 heterocycles. The summed E-state index contributed by atoms with van der Waals surface area (Å²) in [5.41, 5.74) is -0.223. The van der Waals surface area contributed by atoms with Crippen molar-refractivity contribution < 1.29 is 27.4 Å². The predicted molar refractivity (Wildman–Crippen MR) is 58.8 cm³/mol. The van der Waals surface area contributed by atoms with Crippen LogP contribution in [0.25, 0.3) is 0 Å². The average Bonchev–Trinajstić information content (AvgIpc) is 2.30. The van der Waals surface area contributed by atoms with Crippen LogP contribution in [0.5, 0.6) is 5.75 Å². The molecule has 0 spiro atoms. The van der Waals surface area contributed by atoms with Crippen LogP contribution in [-0.2, 0) is 4.74 Å². The van der Waals surface area contributed by atoms with E-state index in [2.05, 4.69) is 9.72 Å². The first-order valence-electron chi connectivity index (χ1n) is 5.81. The lowest BCUT2D eigenvalue weighted by Gasteiger charge is -2.25. The lowest BCUT2D eigenvalue weighted by Crippen LogP contribution is -2.26. The van der Waals surface area contributed by atoms with Gasteiger partial charge in [0.1, 0.15) is 6.10 Å². The number of rotatable bonds is 4. The van der Waals surface area contributed by atoms with Crippen molar-refractivity contribution in [3.8, 4) is 5.75 Å². The molecule has 0 radical (unpaired) electrons. The smallest absolute Gasteiger partial charge is 0.422 e. The number of halogens is 3. The number of alkyl halides is 3. The second kappa shape index (κ2) is 5.46. The third-order valence-corrected chi connectivity index (χ3v) is 2.68. The van der Waals surface area contributed by atoms with Gasteiger partial charge in [0.25, 0.3) is 0 Å². The zero-order valence-electron chi connectivity index (χ0n) is 9.94. The highest BCUT2D eigenvalue weighted by atomic mass is 19.4. The maximum atomic E-state index is 12.1. The average molecular weight is 275 g/mol. The van der Waals surface area contributed by atoms with Crippen molar-refractivity contribution in [3.05, 3.63) is 24.0 Å². The third kappa shape index (κ3) is 3.84. The van der Waals surface area contributed by atoms with E-state index in [4.69, 9.17) is 4.74 Å². The largest absolute Gasteiger partial charge is 0.482 e. The van der Waals surface area contributed by atoms with Crippen molar-refractivity contribution in [2.45, 2.75) is 31.5 Å². The topological polar surface area (TPSA) is 48.4 Å². The predicted octanol–water partition coefficient (Wildman–Crippen LogP) is 2.73. The van der Waals surface area contributed by atoms with Crippen LogP contribution in [-0.4, -0.2) is 29.8 Å². The van der Waals surface area contributed by atoms with E-state index in [-0.39, 0.29) is 17.5 Å². The Labute approximate surface area is 107 Å². The van der Waals surface area contributed by atoms with E-state index >= 15 is 0 Å². The van der Waals surface area contributed by atoms with Crippen molar-refractivity contribution >= 4 is 5.97 Å². The van der Waals surface area contributed by atoms with E-state index in [0.29, 0.717) is 0 Å². The highest BCUT2D eigenvalue weighted by Crippen LogP contribution is 2.25.